The normalized spacial score (nSPS) is 13.9. The Hall–Kier alpha value is -2.90. The van der Waals surface area contributed by atoms with Crippen molar-refractivity contribution in [1.82, 2.24) is 4.90 Å². The van der Waals surface area contributed by atoms with Gasteiger partial charge >= 0.3 is 0 Å². The van der Waals surface area contributed by atoms with E-state index in [-0.39, 0.29) is 16.5 Å². The van der Waals surface area contributed by atoms with Crippen LogP contribution in [-0.2, 0) is 0 Å². The number of aryl methyl sites for hydroxylation is 2. The fraction of sp³-hybridized carbons (Fsp3) is 0.250. The van der Waals surface area contributed by atoms with Crippen molar-refractivity contribution < 1.29 is 14.0 Å². The number of carbonyl (C=O) groups excluding carboxylic acids is 2. The van der Waals surface area contributed by atoms with Crippen LogP contribution in [0.2, 0.25) is 5.02 Å². The molecule has 1 fully saturated rings. The zero-order valence-corrected chi connectivity index (χ0v) is 19.4. The van der Waals surface area contributed by atoms with E-state index in [1.807, 2.05) is 24.0 Å². The Labute approximate surface area is 195 Å². The van der Waals surface area contributed by atoms with E-state index in [0.29, 0.717) is 23.0 Å². The Bertz CT molecular complexity index is 1170. The van der Waals surface area contributed by atoms with E-state index >= 15 is 0 Å². The van der Waals surface area contributed by atoms with Crippen LogP contribution in [0.15, 0.2) is 48.5 Å². The van der Waals surface area contributed by atoms with Gasteiger partial charge in [-0.2, -0.15) is 0 Å². The van der Waals surface area contributed by atoms with Gasteiger partial charge in [0.05, 0.1) is 20.5 Å². The lowest BCUT2D eigenvalue weighted by molar-refractivity contribution is 0.0750. The number of carbonyl (C=O) groups is 2. The van der Waals surface area contributed by atoms with Crippen LogP contribution >= 0.6 is 22.9 Å². The van der Waals surface area contributed by atoms with Crippen molar-refractivity contribution in [1.29, 1.82) is 0 Å². The van der Waals surface area contributed by atoms with Crippen LogP contribution in [0.5, 0.6) is 0 Å². The van der Waals surface area contributed by atoms with Crippen molar-refractivity contribution >= 4 is 45.4 Å². The second-order valence-electron chi connectivity index (χ2n) is 7.77. The van der Waals surface area contributed by atoms with Gasteiger partial charge < -0.3 is 15.1 Å². The van der Waals surface area contributed by atoms with Crippen LogP contribution in [0.1, 0.15) is 31.2 Å². The predicted octanol–water partition coefficient (Wildman–Crippen LogP) is 5.37. The maximum absolute atomic E-state index is 13.2. The minimum Gasteiger partial charge on any atom is -0.368 e. The summed E-state index contributed by atoms with van der Waals surface area (Å²) in [5.74, 6) is -0.978. The second-order valence-corrected chi connectivity index (χ2v) is 9.23. The van der Waals surface area contributed by atoms with Gasteiger partial charge in [0.1, 0.15) is 5.82 Å². The Morgan fingerprint density at radius 2 is 1.72 bits per heavy atom. The molecule has 2 amide bonds. The molecular formula is C24H23ClFN3O2S. The number of nitrogens with one attached hydrogen (secondary N) is 1. The highest BCUT2D eigenvalue weighted by atomic mass is 35.5. The minimum atomic E-state index is -0.506. The number of thiophene rings is 1. The van der Waals surface area contributed by atoms with E-state index in [9.17, 15) is 14.0 Å². The van der Waals surface area contributed by atoms with E-state index in [2.05, 4.69) is 29.3 Å². The summed E-state index contributed by atoms with van der Waals surface area (Å²) in [7, 11) is 0. The summed E-state index contributed by atoms with van der Waals surface area (Å²) in [6.45, 7) is 6.76. The van der Waals surface area contributed by atoms with Gasteiger partial charge in [-0.1, -0.05) is 29.8 Å². The molecule has 1 aromatic heterocycles. The molecule has 5 nitrogen and oxygen atoms in total. The smallest absolute Gasteiger partial charge is 0.264 e. The first-order valence-corrected chi connectivity index (χ1v) is 11.5. The quantitative estimate of drug-likeness (QED) is 0.556. The fourth-order valence-corrected chi connectivity index (χ4v) is 5.11. The molecule has 1 N–H and O–H groups in total. The Balaban J connectivity index is 1.42. The van der Waals surface area contributed by atoms with Crippen molar-refractivity contribution in [3.05, 3.63) is 80.9 Å². The lowest BCUT2D eigenvalue weighted by Gasteiger charge is -2.36. The third-order valence-corrected chi connectivity index (χ3v) is 7.00. The molecule has 0 radical (unpaired) electrons. The Kier molecular flexibility index (Phi) is 6.48. The van der Waals surface area contributed by atoms with Crippen molar-refractivity contribution in [3.63, 3.8) is 0 Å². The molecular weight excluding hydrogens is 449 g/mol. The number of hydrogen-bond acceptors (Lipinski definition) is 4. The number of piperazine rings is 1. The van der Waals surface area contributed by atoms with E-state index in [0.717, 1.165) is 24.7 Å². The first kappa shape index (κ1) is 22.3. The monoisotopic (exact) mass is 471 g/mol. The molecule has 166 valence electrons. The molecule has 2 heterocycles. The van der Waals surface area contributed by atoms with Crippen LogP contribution in [0.3, 0.4) is 0 Å². The first-order chi connectivity index (χ1) is 15.3. The third-order valence-electron chi connectivity index (χ3n) is 5.55. The fourth-order valence-electron chi connectivity index (χ4n) is 3.82. The van der Waals surface area contributed by atoms with Gasteiger partial charge in [-0.25, -0.2) is 4.39 Å². The maximum Gasteiger partial charge on any atom is 0.264 e. The number of hydrogen-bond donors (Lipinski definition) is 1. The second kappa shape index (κ2) is 9.30. The van der Waals surface area contributed by atoms with Gasteiger partial charge in [0.15, 0.2) is 0 Å². The summed E-state index contributed by atoms with van der Waals surface area (Å²) in [6, 6.07) is 13.7. The van der Waals surface area contributed by atoms with Crippen molar-refractivity contribution in [2.75, 3.05) is 36.4 Å². The Morgan fingerprint density at radius 3 is 2.41 bits per heavy atom. The molecule has 0 aliphatic carbocycles. The number of amides is 2. The summed E-state index contributed by atoms with van der Waals surface area (Å²) < 4.78 is 13.2. The third kappa shape index (κ3) is 4.64. The topological polar surface area (TPSA) is 52.6 Å². The molecule has 8 heteroatoms. The van der Waals surface area contributed by atoms with Crippen LogP contribution in [0.25, 0.3) is 0 Å². The van der Waals surface area contributed by atoms with E-state index < -0.39 is 11.7 Å². The number of para-hydroxylation sites is 1. The molecule has 1 saturated heterocycles. The minimum absolute atomic E-state index is 0.0303. The van der Waals surface area contributed by atoms with Gasteiger partial charge in [0, 0.05) is 31.9 Å². The maximum atomic E-state index is 13.2. The SMILES string of the molecule is Cc1ccccc1N1CCN(C(=O)c2sc(NC(=O)c3ccc(F)cc3Cl)cc2C)CC1. The molecule has 3 aromatic rings. The molecule has 0 atom stereocenters. The molecule has 4 rings (SSSR count). The van der Waals surface area contributed by atoms with Crippen molar-refractivity contribution in [2.45, 2.75) is 13.8 Å². The average molecular weight is 472 g/mol. The summed E-state index contributed by atoms with van der Waals surface area (Å²) in [5.41, 5.74) is 3.42. The summed E-state index contributed by atoms with van der Waals surface area (Å²) in [6.07, 6.45) is 0. The molecule has 0 saturated carbocycles. The molecule has 1 aliphatic heterocycles. The number of rotatable bonds is 4. The van der Waals surface area contributed by atoms with Gasteiger partial charge in [-0.05, 0) is 55.3 Å². The zero-order chi connectivity index (χ0) is 22.8. The van der Waals surface area contributed by atoms with E-state index in [4.69, 9.17) is 11.6 Å². The summed E-state index contributed by atoms with van der Waals surface area (Å²) in [4.78, 5) is 30.4. The first-order valence-electron chi connectivity index (χ1n) is 10.3. The highest BCUT2D eigenvalue weighted by molar-refractivity contribution is 7.18. The average Bonchev–Trinajstić information content (AvgIpc) is 3.13. The van der Waals surface area contributed by atoms with Gasteiger partial charge in [-0.3, -0.25) is 9.59 Å². The number of nitrogens with zero attached hydrogens (tertiary/aromatic N) is 2. The molecule has 0 bridgehead atoms. The zero-order valence-electron chi connectivity index (χ0n) is 17.8. The molecule has 1 aliphatic rings. The lowest BCUT2D eigenvalue weighted by atomic mass is 10.1. The van der Waals surface area contributed by atoms with Crippen molar-refractivity contribution in [2.24, 2.45) is 0 Å². The van der Waals surface area contributed by atoms with Crippen LogP contribution < -0.4 is 10.2 Å². The van der Waals surface area contributed by atoms with E-state index in [1.54, 1.807) is 6.07 Å². The van der Waals surface area contributed by atoms with Gasteiger partial charge in [-0.15, -0.1) is 11.3 Å². The number of halogens is 2. The molecule has 32 heavy (non-hydrogen) atoms. The van der Waals surface area contributed by atoms with E-state index in [1.165, 1.54) is 34.7 Å². The summed E-state index contributed by atoms with van der Waals surface area (Å²) in [5, 5.41) is 3.36. The highest BCUT2D eigenvalue weighted by Gasteiger charge is 2.26. The predicted molar refractivity (Wildman–Crippen MR) is 128 cm³/mol. The Morgan fingerprint density at radius 1 is 1.00 bits per heavy atom. The lowest BCUT2D eigenvalue weighted by Crippen LogP contribution is -2.48. The summed E-state index contributed by atoms with van der Waals surface area (Å²) >= 11 is 7.22. The molecule has 0 spiro atoms. The number of anilines is 2. The molecule has 2 aromatic carbocycles. The highest BCUT2D eigenvalue weighted by Crippen LogP contribution is 2.30. The van der Waals surface area contributed by atoms with Gasteiger partial charge in [0.25, 0.3) is 11.8 Å². The van der Waals surface area contributed by atoms with Crippen LogP contribution in [0, 0.1) is 19.7 Å². The molecule has 0 unspecified atom stereocenters. The van der Waals surface area contributed by atoms with Gasteiger partial charge in [0.2, 0.25) is 0 Å². The van der Waals surface area contributed by atoms with Crippen LogP contribution in [-0.4, -0.2) is 42.9 Å². The number of benzene rings is 2. The standard InChI is InChI=1S/C24H23ClFN3O2S/c1-15-5-3-4-6-20(15)28-9-11-29(12-10-28)24(31)22-16(2)13-21(32-22)27-23(30)18-8-7-17(26)14-19(18)25/h3-8,13-14H,9-12H2,1-2H3,(H,27,30). The van der Waals surface area contributed by atoms with Crippen molar-refractivity contribution in [3.8, 4) is 0 Å². The largest absolute Gasteiger partial charge is 0.368 e. The van der Waals surface area contributed by atoms with Crippen LogP contribution in [0.4, 0.5) is 15.1 Å².